The third-order valence-electron chi connectivity index (χ3n) is 4.89. The molecule has 0 aromatic heterocycles. The van der Waals surface area contributed by atoms with E-state index in [9.17, 15) is 4.79 Å². The van der Waals surface area contributed by atoms with E-state index in [1.54, 1.807) is 19.0 Å². The van der Waals surface area contributed by atoms with E-state index in [0.717, 1.165) is 23.4 Å². The van der Waals surface area contributed by atoms with E-state index in [-0.39, 0.29) is 11.4 Å². The second-order valence-corrected chi connectivity index (χ2v) is 8.51. The first-order valence-corrected chi connectivity index (χ1v) is 9.84. The van der Waals surface area contributed by atoms with Gasteiger partial charge in [0.2, 0.25) is 0 Å². The lowest BCUT2D eigenvalue weighted by Crippen LogP contribution is -2.44. The lowest BCUT2D eigenvalue weighted by molar-refractivity contribution is -0.121. The van der Waals surface area contributed by atoms with E-state index in [1.807, 2.05) is 12.1 Å². The van der Waals surface area contributed by atoms with E-state index < -0.39 is 0 Å². The maximum absolute atomic E-state index is 12.4. The van der Waals surface area contributed by atoms with E-state index in [4.69, 9.17) is 11.6 Å². The maximum Gasteiger partial charge on any atom is 0.266 e. The van der Waals surface area contributed by atoms with Crippen LogP contribution in [0.2, 0.25) is 5.02 Å². The summed E-state index contributed by atoms with van der Waals surface area (Å²) >= 11 is 7.98. The van der Waals surface area contributed by atoms with Gasteiger partial charge >= 0.3 is 0 Å². The highest BCUT2D eigenvalue weighted by Crippen LogP contribution is 2.42. The van der Waals surface area contributed by atoms with Crippen molar-refractivity contribution in [2.24, 2.45) is 4.99 Å². The lowest BCUT2D eigenvalue weighted by Gasteiger charge is -2.43. The number of aliphatic imine (C=N–C) groups is 1. The molecule has 0 N–H and O–H groups in total. The first-order valence-electron chi connectivity index (χ1n) is 8.65. The minimum absolute atomic E-state index is 0.0482. The molecule has 0 aliphatic carbocycles. The molecule has 0 bridgehead atoms. The number of carbonyl (C=O) groups is 1. The highest BCUT2D eigenvalue weighted by molar-refractivity contribution is 8.18. The molecule has 0 radical (unpaired) electrons. The molecule has 1 amide bonds. The Morgan fingerprint density at radius 1 is 1.35 bits per heavy atom. The van der Waals surface area contributed by atoms with Gasteiger partial charge in [0.1, 0.15) is 0 Å². The van der Waals surface area contributed by atoms with Crippen LogP contribution in [-0.2, 0) is 4.79 Å². The van der Waals surface area contributed by atoms with Crippen LogP contribution in [0.1, 0.15) is 38.8 Å². The highest BCUT2D eigenvalue weighted by Gasteiger charge is 2.32. The number of benzene rings is 1. The van der Waals surface area contributed by atoms with E-state index >= 15 is 0 Å². The molecule has 1 aromatic rings. The number of fused-ring (bicyclic) bond motifs is 1. The van der Waals surface area contributed by atoms with Crippen LogP contribution in [0.25, 0.3) is 11.6 Å². The zero-order valence-electron chi connectivity index (χ0n) is 16.1. The van der Waals surface area contributed by atoms with Crippen LogP contribution in [0.4, 0.5) is 5.69 Å². The quantitative estimate of drug-likeness (QED) is 0.675. The molecule has 26 heavy (non-hydrogen) atoms. The third kappa shape index (κ3) is 3.08. The number of amidine groups is 1. The molecule has 2 aliphatic rings. The Hall–Kier alpha value is -1.72. The zero-order valence-corrected chi connectivity index (χ0v) is 17.6. The van der Waals surface area contributed by atoms with Gasteiger partial charge in [0.25, 0.3) is 5.91 Å². The summed E-state index contributed by atoms with van der Waals surface area (Å²) in [5.74, 6) is -0.0482. The molecule has 0 spiro atoms. The number of thioether (sulfide) groups is 1. The smallest absolute Gasteiger partial charge is 0.266 e. The van der Waals surface area contributed by atoms with Gasteiger partial charge in [-0.25, -0.2) is 0 Å². The fourth-order valence-electron chi connectivity index (χ4n) is 3.69. The van der Waals surface area contributed by atoms with Crippen molar-refractivity contribution in [3.63, 3.8) is 0 Å². The van der Waals surface area contributed by atoms with Crippen molar-refractivity contribution >= 4 is 51.8 Å². The standard InChI is InChI=1S/C20H24ClN3OS/c1-7-24-16-10-15(21)13(8-14(16)12(2)11-20(24,3)4)9-17-18(25)23(6)19(22-5)26-17/h8-11H,7H2,1-6H3/b17-9+,22-19?. The van der Waals surface area contributed by atoms with Gasteiger partial charge < -0.3 is 4.90 Å². The Bertz CT molecular complexity index is 870. The van der Waals surface area contributed by atoms with Crippen LogP contribution in [0.5, 0.6) is 0 Å². The second kappa shape index (κ2) is 6.78. The van der Waals surface area contributed by atoms with Gasteiger partial charge in [0, 0.05) is 36.9 Å². The van der Waals surface area contributed by atoms with Crippen molar-refractivity contribution in [3.8, 4) is 0 Å². The van der Waals surface area contributed by atoms with Crippen molar-refractivity contribution in [3.05, 3.63) is 39.3 Å². The topological polar surface area (TPSA) is 35.9 Å². The molecule has 0 unspecified atom stereocenters. The Morgan fingerprint density at radius 3 is 2.62 bits per heavy atom. The van der Waals surface area contributed by atoms with Gasteiger partial charge in [0.05, 0.1) is 10.4 Å². The molecule has 4 nitrogen and oxygen atoms in total. The minimum Gasteiger partial charge on any atom is -0.363 e. The summed E-state index contributed by atoms with van der Waals surface area (Å²) in [6.45, 7) is 9.60. The normalized spacial score (nSPS) is 22.3. The van der Waals surface area contributed by atoms with Crippen molar-refractivity contribution in [1.82, 2.24) is 4.90 Å². The number of amides is 1. The number of allylic oxidation sites excluding steroid dienone is 1. The molecule has 3 rings (SSSR count). The molecular formula is C20H24ClN3OS. The summed E-state index contributed by atoms with van der Waals surface area (Å²) in [6, 6.07) is 4.11. The van der Waals surface area contributed by atoms with Crippen molar-refractivity contribution in [2.75, 3.05) is 25.5 Å². The molecule has 1 saturated heterocycles. The largest absolute Gasteiger partial charge is 0.363 e. The van der Waals surface area contributed by atoms with Crippen LogP contribution >= 0.6 is 23.4 Å². The monoisotopic (exact) mass is 389 g/mol. The Kier molecular flexibility index (Phi) is 4.97. The van der Waals surface area contributed by atoms with Crippen LogP contribution in [0.3, 0.4) is 0 Å². The van der Waals surface area contributed by atoms with Gasteiger partial charge in [-0.05, 0) is 68.8 Å². The average molecular weight is 390 g/mol. The number of carbonyl (C=O) groups excluding carboxylic acids is 1. The number of halogens is 1. The van der Waals surface area contributed by atoms with Crippen LogP contribution < -0.4 is 4.90 Å². The Labute approximate surface area is 164 Å². The Morgan fingerprint density at radius 2 is 2.04 bits per heavy atom. The number of rotatable bonds is 2. The van der Waals surface area contributed by atoms with E-state index in [2.05, 4.69) is 49.7 Å². The van der Waals surface area contributed by atoms with Crippen LogP contribution in [0, 0.1) is 0 Å². The fourth-order valence-corrected chi connectivity index (χ4v) is 4.82. The van der Waals surface area contributed by atoms with E-state index in [0.29, 0.717) is 15.1 Å². The number of nitrogens with zero attached hydrogens (tertiary/aromatic N) is 3. The molecule has 1 aromatic carbocycles. The van der Waals surface area contributed by atoms with Crippen molar-refractivity contribution in [1.29, 1.82) is 0 Å². The third-order valence-corrected chi connectivity index (χ3v) is 6.37. The molecule has 1 fully saturated rings. The molecular weight excluding hydrogens is 366 g/mol. The van der Waals surface area contributed by atoms with Crippen molar-refractivity contribution in [2.45, 2.75) is 33.2 Å². The van der Waals surface area contributed by atoms with E-state index in [1.165, 1.54) is 17.3 Å². The number of hydrogen-bond acceptors (Lipinski definition) is 4. The summed E-state index contributed by atoms with van der Waals surface area (Å²) in [5.41, 5.74) is 4.33. The van der Waals surface area contributed by atoms with Gasteiger partial charge in [-0.1, -0.05) is 17.7 Å². The summed E-state index contributed by atoms with van der Waals surface area (Å²) in [4.78, 5) is 21.1. The summed E-state index contributed by atoms with van der Waals surface area (Å²) in [7, 11) is 3.43. The van der Waals surface area contributed by atoms with Gasteiger partial charge in [0.15, 0.2) is 5.17 Å². The zero-order chi connectivity index (χ0) is 19.2. The maximum atomic E-state index is 12.4. The molecule has 138 valence electrons. The van der Waals surface area contributed by atoms with Crippen LogP contribution in [-0.4, -0.2) is 42.2 Å². The molecule has 2 heterocycles. The van der Waals surface area contributed by atoms with Gasteiger partial charge in [-0.15, -0.1) is 0 Å². The number of hydrogen-bond donors (Lipinski definition) is 0. The molecule has 6 heteroatoms. The predicted molar refractivity (Wildman–Crippen MR) is 114 cm³/mol. The first kappa shape index (κ1) is 19.1. The number of anilines is 1. The summed E-state index contributed by atoms with van der Waals surface area (Å²) in [6.07, 6.45) is 4.16. The van der Waals surface area contributed by atoms with Crippen molar-refractivity contribution < 1.29 is 4.79 Å². The second-order valence-electron chi connectivity index (χ2n) is 7.10. The molecule has 2 aliphatic heterocycles. The van der Waals surface area contributed by atoms with Gasteiger partial charge in [-0.3, -0.25) is 14.7 Å². The summed E-state index contributed by atoms with van der Waals surface area (Å²) < 4.78 is 0. The molecule has 0 saturated carbocycles. The average Bonchev–Trinajstić information content (AvgIpc) is 2.83. The SMILES string of the molecule is CCN1c2cc(Cl)c(/C=C3/SC(=NC)N(C)C3=O)cc2C(C)=CC1(C)C. The highest BCUT2D eigenvalue weighted by atomic mass is 35.5. The minimum atomic E-state index is -0.0540. The fraction of sp³-hybridized carbons (Fsp3) is 0.400. The molecule has 0 atom stereocenters. The lowest BCUT2D eigenvalue weighted by atomic mass is 9.88. The van der Waals surface area contributed by atoms with Gasteiger partial charge in [-0.2, -0.15) is 0 Å². The number of likely N-dealkylation sites (N-methyl/N-ethyl adjacent to an activating group) is 2. The van der Waals surface area contributed by atoms with Crippen LogP contribution in [0.15, 0.2) is 28.1 Å². The predicted octanol–water partition coefficient (Wildman–Crippen LogP) is 4.89. The summed E-state index contributed by atoms with van der Waals surface area (Å²) in [5, 5.41) is 1.35. The first-order chi connectivity index (χ1) is 12.2. The Balaban J connectivity index is 2.10.